The zero-order valence-corrected chi connectivity index (χ0v) is 12.9. The molecule has 3 nitrogen and oxygen atoms in total. The average Bonchev–Trinajstić information content (AvgIpc) is 2.73. The van der Waals surface area contributed by atoms with Gasteiger partial charge in [-0.1, -0.05) is 18.2 Å². The van der Waals surface area contributed by atoms with E-state index in [0.717, 1.165) is 34.0 Å². The lowest BCUT2D eigenvalue weighted by Crippen LogP contribution is -2.22. The normalized spacial score (nSPS) is 13.4. The number of likely N-dealkylation sites (N-methyl/N-ethyl adjacent to an activating group) is 1. The first kappa shape index (κ1) is 14.0. The molecule has 4 heteroatoms. The van der Waals surface area contributed by atoms with Crippen molar-refractivity contribution in [2.75, 3.05) is 20.6 Å². The Hall–Kier alpha value is -1.94. The molecule has 0 aliphatic heterocycles. The predicted molar refractivity (Wildman–Crippen MR) is 85.2 cm³/mol. The minimum Gasteiger partial charge on any atom is -0.335 e. The van der Waals surface area contributed by atoms with Crippen LogP contribution in [0.5, 0.6) is 0 Å². The number of hydrogen-bond donors (Lipinski definition) is 0. The summed E-state index contributed by atoms with van der Waals surface area (Å²) < 4.78 is 16.0. The molecule has 0 bridgehead atoms. The second-order valence-electron chi connectivity index (χ2n) is 5.92. The standard InChI is InChI=1S/C17H20FN3/c1-11(10-20(3)4)21-15-8-6-5-7-13(15)14-9-16(18)19-12(2)17(14)21/h5-9,11H,10H2,1-4H3. The second kappa shape index (κ2) is 5.11. The molecule has 1 atom stereocenters. The SMILES string of the molecule is Cc1nc(F)cc2c3ccccc3n(C(C)CN(C)C)c12. The minimum atomic E-state index is -0.414. The van der Waals surface area contributed by atoms with Gasteiger partial charge in [0.15, 0.2) is 0 Å². The molecule has 0 aliphatic carbocycles. The molecule has 0 aliphatic rings. The van der Waals surface area contributed by atoms with Gasteiger partial charge in [-0.2, -0.15) is 4.39 Å². The Balaban J connectivity index is 2.39. The molecule has 110 valence electrons. The van der Waals surface area contributed by atoms with Crippen LogP contribution in [0, 0.1) is 12.9 Å². The maximum atomic E-state index is 13.7. The average molecular weight is 285 g/mol. The van der Waals surface area contributed by atoms with Gasteiger partial charge < -0.3 is 9.47 Å². The van der Waals surface area contributed by atoms with Crippen molar-refractivity contribution in [3.8, 4) is 0 Å². The van der Waals surface area contributed by atoms with Crippen molar-refractivity contribution >= 4 is 21.8 Å². The summed E-state index contributed by atoms with van der Waals surface area (Å²) in [6.45, 7) is 4.99. The number of benzene rings is 1. The van der Waals surface area contributed by atoms with Gasteiger partial charge in [0.2, 0.25) is 5.95 Å². The molecule has 3 aromatic rings. The van der Waals surface area contributed by atoms with Crippen LogP contribution in [0.25, 0.3) is 21.8 Å². The monoisotopic (exact) mass is 285 g/mol. The summed E-state index contributed by atoms with van der Waals surface area (Å²) in [6.07, 6.45) is 0. The van der Waals surface area contributed by atoms with E-state index in [9.17, 15) is 4.39 Å². The van der Waals surface area contributed by atoms with E-state index in [1.54, 1.807) is 6.07 Å². The van der Waals surface area contributed by atoms with Crippen LogP contribution in [0.4, 0.5) is 4.39 Å². The highest BCUT2D eigenvalue weighted by Crippen LogP contribution is 2.33. The number of halogens is 1. The maximum absolute atomic E-state index is 13.7. The number of pyridine rings is 1. The van der Waals surface area contributed by atoms with Gasteiger partial charge in [-0.25, -0.2) is 4.98 Å². The van der Waals surface area contributed by atoms with E-state index in [0.29, 0.717) is 0 Å². The third kappa shape index (κ3) is 2.29. The van der Waals surface area contributed by atoms with Crippen LogP contribution < -0.4 is 0 Å². The molecule has 1 unspecified atom stereocenters. The van der Waals surface area contributed by atoms with Crippen LogP contribution in [0.1, 0.15) is 18.7 Å². The summed E-state index contributed by atoms with van der Waals surface area (Å²) >= 11 is 0. The molecule has 0 saturated heterocycles. The van der Waals surface area contributed by atoms with Gasteiger partial charge in [-0.15, -0.1) is 0 Å². The number of rotatable bonds is 3. The molecule has 3 rings (SSSR count). The fourth-order valence-electron chi connectivity index (χ4n) is 3.24. The van der Waals surface area contributed by atoms with Gasteiger partial charge in [-0.05, 0) is 34.0 Å². The number of aryl methyl sites for hydroxylation is 1. The highest BCUT2D eigenvalue weighted by Gasteiger charge is 2.18. The molecule has 0 fully saturated rings. The number of aromatic nitrogens is 2. The Morgan fingerprint density at radius 3 is 2.67 bits per heavy atom. The van der Waals surface area contributed by atoms with E-state index >= 15 is 0 Å². The van der Waals surface area contributed by atoms with Gasteiger partial charge in [-0.3, -0.25) is 0 Å². The summed E-state index contributed by atoms with van der Waals surface area (Å²) in [7, 11) is 4.13. The molecule has 2 aromatic heterocycles. The lowest BCUT2D eigenvalue weighted by atomic mass is 10.2. The van der Waals surface area contributed by atoms with Gasteiger partial charge in [0, 0.05) is 34.9 Å². The number of para-hydroxylation sites is 1. The molecule has 2 heterocycles. The molecule has 0 amide bonds. The van der Waals surface area contributed by atoms with Crippen LogP contribution >= 0.6 is 0 Å². The second-order valence-corrected chi connectivity index (χ2v) is 5.92. The van der Waals surface area contributed by atoms with Gasteiger partial charge >= 0.3 is 0 Å². The van der Waals surface area contributed by atoms with E-state index in [2.05, 4.69) is 47.6 Å². The van der Waals surface area contributed by atoms with E-state index in [1.807, 2.05) is 19.1 Å². The van der Waals surface area contributed by atoms with Crippen LogP contribution in [-0.2, 0) is 0 Å². The Bertz CT molecular complexity index is 805. The van der Waals surface area contributed by atoms with E-state index in [-0.39, 0.29) is 6.04 Å². The van der Waals surface area contributed by atoms with Crippen molar-refractivity contribution in [2.45, 2.75) is 19.9 Å². The molecule has 0 saturated carbocycles. The summed E-state index contributed by atoms with van der Waals surface area (Å²) in [5.74, 6) is -0.414. The van der Waals surface area contributed by atoms with Crippen molar-refractivity contribution in [1.82, 2.24) is 14.5 Å². The lowest BCUT2D eigenvalue weighted by Gasteiger charge is -2.21. The molecular weight excluding hydrogens is 265 g/mol. The van der Waals surface area contributed by atoms with Crippen molar-refractivity contribution in [1.29, 1.82) is 0 Å². The summed E-state index contributed by atoms with van der Waals surface area (Å²) in [5, 5.41) is 2.03. The predicted octanol–water partition coefficient (Wildman–Crippen LogP) is 3.76. The molecule has 0 N–H and O–H groups in total. The Labute approximate surface area is 124 Å². The number of fused-ring (bicyclic) bond motifs is 3. The third-order valence-electron chi connectivity index (χ3n) is 3.90. The van der Waals surface area contributed by atoms with E-state index in [4.69, 9.17) is 0 Å². The van der Waals surface area contributed by atoms with E-state index in [1.165, 1.54) is 0 Å². The van der Waals surface area contributed by atoms with Crippen LogP contribution in [0.2, 0.25) is 0 Å². The van der Waals surface area contributed by atoms with E-state index < -0.39 is 5.95 Å². The van der Waals surface area contributed by atoms with Crippen LogP contribution in [0.3, 0.4) is 0 Å². The zero-order chi connectivity index (χ0) is 15.1. The van der Waals surface area contributed by atoms with Crippen molar-refractivity contribution in [2.24, 2.45) is 0 Å². The van der Waals surface area contributed by atoms with Gasteiger partial charge in [0.25, 0.3) is 0 Å². The molecule has 0 spiro atoms. The highest BCUT2D eigenvalue weighted by molar-refractivity contribution is 6.08. The lowest BCUT2D eigenvalue weighted by molar-refractivity contribution is 0.344. The number of hydrogen-bond acceptors (Lipinski definition) is 2. The van der Waals surface area contributed by atoms with Crippen molar-refractivity contribution < 1.29 is 4.39 Å². The Kier molecular flexibility index (Phi) is 3.41. The van der Waals surface area contributed by atoms with Crippen LogP contribution in [0.15, 0.2) is 30.3 Å². The first-order valence-electron chi connectivity index (χ1n) is 7.19. The molecular formula is C17H20FN3. The van der Waals surface area contributed by atoms with Gasteiger partial charge in [0.1, 0.15) is 0 Å². The smallest absolute Gasteiger partial charge is 0.213 e. The summed E-state index contributed by atoms with van der Waals surface area (Å²) in [4.78, 5) is 6.18. The molecule has 0 radical (unpaired) electrons. The van der Waals surface area contributed by atoms with Crippen molar-refractivity contribution in [3.05, 3.63) is 42.0 Å². The maximum Gasteiger partial charge on any atom is 0.213 e. The fourth-order valence-corrected chi connectivity index (χ4v) is 3.24. The quantitative estimate of drug-likeness (QED) is 0.683. The minimum absolute atomic E-state index is 0.286. The van der Waals surface area contributed by atoms with Gasteiger partial charge in [0.05, 0.1) is 11.2 Å². The molecule has 21 heavy (non-hydrogen) atoms. The Morgan fingerprint density at radius 2 is 1.95 bits per heavy atom. The summed E-state index contributed by atoms with van der Waals surface area (Å²) in [6, 6.07) is 10.0. The molecule has 1 aromatic carbocycles. The van der Waals surface area contributed by atoms with Crippen LogP contribution in [-0.4, -0.2) is 35.1 Å². The highest BCUT2D eigenvalue weighted by atomic mass is 19.1. The van der Waals surface area contributed by atoms with Crippen molar-refractivity contribution in [3.63, 3.8) is 0 Å². The first-order valence-corrected chi connectivity index (χ1v) is 7.19. The topological polar surface area (TPSA) is 21.1 Å². The first-order chi connectivity index (χ1) is 9.99. The zero-order valence-electron chi connectivity index (χ0n) is 12.9. The fraction of sp³-hybridized carbons (Fsp3) is 0.353. The number of nitrogens with zero attached hydrogens (tertiary/aromatic N) is 3. The third-order valence-corrected chi connectivity index (χ3v) is 3.90. The summed E-state index contributed by atoms with van der Waals surface area (Å²) in [5.41, 5.74) is 2.91. The largest absolute Gasteiger partial charge is 0.335 e. The Morgan fingerprint density at radius 1 is 1.24 bits per heavy atom.